The van der Waals surface area contributed by atoms with Crippen LogP contribution in [0.4, 0.5) is 0 Å². The lowest BCUT2D eigenvalue weighted by Gasteiger charge is -2.13. The van der Waals surface area contributed by atoms with Gasteiger partial charge in [-0.2, -0.15) is 5.10 Å². The quantitative estimate of drug-likeness (QED) is 0.549. The van der Waals surface area contributed by atoms with E-state index in [1.165, 1.54) is 16.8 Å². The minimum atomic E-state index is -3.63. The number of carbonyl (C=O) groups is 2. The summed E-state index contributed by atoms with van der Waals surface area (Å²) in [5.74, 6) is -1.03. The number of hydrogen-bond acceptors (Lipinski definition) is 6. The second-order valence-corrected chi connectivity index (χ2v) is 9.34. The Balaban J connectivity index is 2.06. The van der Waals surface area contributed by atoms with E-state index in [1.54, 1.807) is 27.0 Å². The Bertz CT molecular complexity index is 1130. The van der Waals surface area contributed by atoms with Gasteiger partial charge in [-0.25, -0.2) is 17.9 Å². The number of esters is 1. The molecule has 1 aromatic carbocycles. The lowest BCUT2D eigenvalue weighted by molar-refractivity contribution is -0.130. The molecule has 0 bridgehead atoms. The average Bonchev–Trinajstić information content (AvgIpc) is 2.94. The summed E-state index contributed by atoms with van der Waals surface area (Å²) in [6.07, 6.45) is 6.32. The minimum Gasteiger partial charge on any atom is -0.404 e. The third kappa shape index (κ3) is 4.32. The Morgan fingerprint density at radius 3 is 2.52 bits per heavy atom. The number of allylic oxidation sites excluding steroid dienone is 1. The fourth-order valence-electron chi connectivity index (χ4n) is 3.45. The molecule has 0 atom stereocenters. The van der Waals surface area contributed by atoms with Crippen LogP contribution in [0.2, 0.25) is 0 Å². The maximum Gasteiger partial charge on any atom is 0.340 e. The van der Waals surface area contributed by atoms with E-state index in [0.29, 0.717) is 17.7 Å². The molecule has 1 heterocycles. The van der Waals surface area contributed by atoms with Crippen molar-refractivity contribution in [2.75, 3.05) is 6.26 Å². The smallest absolute Gasteiger partial charge is 0.340 e. The van der Waals surface area contributed by atoms with Crippen molar-refractivity contribution in [1.82, 2.24) is 9.78 Å². The average molecular weight is 416 g/mol. The minimum absolute atomic E-state index is 0.0176. The summed E-state index contributed by atoms with van der Waals surface area (Å²) in [6, 6.07) is 4.62. The Kier molecular flexibility index (Phi) is 5.75. The van der Waals surface area contributed by atoms with Gasteiger partial charge < -0.3 is 4.74 Å². The number of sulfone groups is 1. The number of ketones is 1. The lowest BCUT2D eigenvalue weighted by atomic mass is 10.00. The topological polar surface area (TPSA) is 95.3 Å². The zero-order valence-electron chi connectivity index (χ0n) is 17.0. The predicted octanol–water partition coefficient (Wildman–Crippen LogP) is 3.08. The van der Waals surface area contributed by atoms with E-state index < -0.39 is 21.6 Å². The number of carbonyl (C=O) groups excluding carboxylic acids is 2. The Morgan fingerprint density at radius 1 is 1.17 bits per heavy atom. The Hall–Kier alpha value is -2.74. The Morgan fingerprint density at radius 2 is 1.90 bits per heavy atom. The molecule has 8 heteroatoms. The molecule has 1 aromatic heterocycles. The number of aromatic nitrogens is 2. The van der Waals surface area contributed by atoms with Gasteiger partial charge in [0.25, 0.3) is 0 Å². The van der Waals surface area contributed by atoms with Crippen molar-refractivity contribution in [2.24, 2.45) is 7.05 Å². The first-order chi connectivity index (χ1) is 13.6. The van der Waals surface area contributed by atoms with E-state index in [2.05, 4.69) is 5.10 Å². The van der Waals surface area contributed by atoms with Gasteiger partial charge in [0, 0.05) is 24.4 Å². The molecule has 2 aromatic rings. The Labute approximate surface area is 170 Å². The highest BCUT2D eigenvalue weighted by Gasteiger charge is 2.29. The van der Waals surface area contributed by atoms with Crippen molar-refractivity contribution < 1.29 is 22.7 Å². The SMILES string of the molecule is Cc1ccc(C(=O)c2c(C)nn(C)c2OC(=O)C2=CCCCC2)c(S(C)(=O)=O)c1. The fraction of sp³-hybridized carbons (Fsp3) is 0.381. The van der Waals surface area contributed by atoms with Gasteiger partial charge >= 0.3 is 5.97 Å². The van der Waals surface area contributed by atoms with Crippen LogP contribution in [0.5, 0.6) is 5.88 Å². The first kappa shape index (κ1) is 21.0. The number of aryl methyl sites for hydroxylation is 3. The van der Waals surface area contributed by atoms with Crippen LogP contribution in [0.1, 0.15) is 52.9 Å². The largest absolute Gasteiger partial charge is 0.404 e. The van der Waals surface area contributed by atoms with Crippen LogP contribution in [0.3, 0.4) is 0 Å². The standard InChI is InChI=1S/C21H24N2O5S/c1-13-10-11-16(17(12-13)29(4,26)27)19(24)18-14(2)22-23(3)20(18)28-21(25)15-8-6-5-7-9-15/h8,10-12H,5-7,9H2,1-4H3. The van der Waals surface area contributed by atoms with Crippen LogP contribution < -0.4 is 4.74 Å². The molecule has 7 nitrogen and oxygen atoms in total. The van der Waals surface area contributed by atoms with E-state index in [1.807, 2.05) is 6.08 Å². The third-order valence-electron chi connectivity index (χ3n) is 4.92. The summed E-state index contributed by atoms with van der Waals surface area (Å²) < 4.78 is 31.4. The summed E-state index contributed by atoms with van der Waals surface area (Å²) in [4.78, 5) is 25.8. The lowest BCUT2D eigenvalue weighted by Crippen LogP contribution is -2.17. The zero-order valence-corrected chi connectivity index (χ0v) is 17.8. The van der Waals surface area contributed by atoms with Crippen LogP contribution in [0, 0.1) is 13.8 Å². The van der Waals surface area contributed by atoms with Gasteiger partial charge in [0.1, 0.15) is 5.56 Å². The number of rotatable bonds is 5. The molecule has 0 spiro atoms. The normalized spacial score (nSPS) is 14.4. The van der Waals surface area contributed by atoms with E-state index >= 15 is 0 Å². The van der Waals surface area contributed by atoms with Gasteiger partial charge in [0.05, 0.1) is 10.6 Å². The molecule has 3 rings (SSSR count). The summed E-state index contributed by atoms with van der Waals surface area (Å²) in [5, 5.41) is 4.21. The van der Waals surface area contributed by atoms with Crippen molar-refractivity contribution in [2.45, 2.75) is 44.4 Å². The number of benzene rings is 1. The highest BCUT2D eigenvalue weighted by Crippen LogP contribution is 2.29. The van der Waals surface area contributed by atoms with Crippen LogP contribution in [-0.4, -0.2) is 36.2 Å². The van der Waals surface area contributed by atoms with Gasteiger partial charge in [-0.15, -0.1) is 0 Å². The van der Waals surface area contributed by atoms with E-state index in [0.717, 1.165) is 31.1 Å². The number of hydrogen-bond donors (Lipinski definition) is 0. The maximum absolute atomic E-state index is 13.3. The number of ether oxygens (including phenoxy) is 1. The van der Waals surface area contributed by atoms with Gasteiger partial charge in [-0.3, -0.25) is 4.79 Å². The van der Waals surface area contributed by atoms with Crippen molar-refractivity contribution in [1.29, 1.82) is 0 Å². The van der Waals surface area contributed by atoms with Crippen LogP contribution >= 0.6 is 0 Å². The summed E-state index contributed by atoms with van der Waals surface area (Å²) >= 11 is 0. The van der Waals surface area contributed by atoms with Gasteiger partial charge in [0.15, 0.2) is 9.84 Å². The fourth-order valence-corrected chi connectivity index (χ4v) is 4.41. The maximum atomic E-state index is 13.3. The molecular formula is C21H24N2O5S. The summed E-state index contributed by atoms with van der Waals surface area (Å²) in [5.41, 5.74) is 1.79. The van der Waals surface area contributed by atoms with Crippen LogP contribution in [0.15, 0.2) is 34.7 Å². The molecule has 0 unspecified atom stereocenters. The summed E-state index contributed by atoms with van der Waals surface area (Å²) in [6.45, 7) is 3.38. The molecule has 0 N–H and O–H groups in total. The van der Waals surface area contributed by atoms with E-state index in [4.69, 9.17) is 4.74 Å². The van der Waals surface area contributed by atoms with Crippen molar-refractivity contribution in [3.63, 3.8) is 0 Å². The molecule has 154 valence electrons. The molecule has 29 heavy (non-hydrogen) atoms. The van der Waals surface area contributed by atoms with Crippen molar-refractivity contribution in [3.8, 4) is 5.88 Å². The predicted molar refractivity (Wildman–Crippen MR) is 108 cm³/mol. The van der Waals surface area contributed by atoms with Gasteiger partial charge in [-0.05, 0) is 57.2 Å². The molecule has 0 radical (unpaired) electrons. The molecule has 0 amide bonds. The number of nitrogens with zero attached hydrogens (tertiary/aromatic N) is 2. The van der Waals surface area contributed by atoms with Crippen molar-refractivity contribution >= 4 is 21.6 Å². The highest BCUT2D eigenvalue weighted by atomic mass is 32.2. The molecule has 1 aliphatic carbocycles. The van der Waals surface area contributed by atoms with E-state index in [9.17, 15) is 18.0 Å². The molecule has 1 aliphatic rings. The highest BCUT2D eigenvalue weighted by molar-refractivity contribution is 7.90. The molecule has 0 aliphatic heterocycles. The first-order valence-electron chi connectivity index (χ1n) is 9.40. The monoisotopic (exact) mass is 416 g/mol. The van der Waals surface area contributed by atoms with Gasteiger partial charge in [-0.1, -0.05) is 12.1 Å². The second kappa shape index (κ2) is 7.94. The van der Waals surface area contributed by atoms with Crippen LogP contribution in [0.25, 0.3) is 0 Å². The molecule has 0 saturated carbocycles. The zero-order chi connectivity index (χ0) is 21.3. The molecule has 0 fully saturated rings. The van der Waals surface area contributed by atoms with E-state index in [-0.39, 0.29) is 21.9 Å². The van der Waals surface area contributed by atoms with Crippen molar-refractivity contribution in [3.05, 3.63) is 52.2 Å². The molecule has 0 saturated heterocycles. The first-order valence-corrected chi connectivity index (χ1v) is 11.3. The second-order valence-electron chi connectivity index (χ2n) is 7.35. The third-order valence-corrected chi connectivity index (χ3v) is 6.06. The summed E-state index contributed by atoms with van der Waals surface area (Å²) in [7, 11) is -2.06. The molecular weight excluding hydrogens is 392 g/mol. The van der Waals surface area contributed by atoms with Crippen LogP contribution in [-0.2, 0) is 21.7 Å². The van der Waals surface area contributed by atoms with Gasteiger partial charge in [0.2, 0.25) is 11.7 Å².